The van der Waals surface area contributed by atoms with E-state index in [4.69, 9.17) is 9.84 Å². The summed E-state index contributed by atoms with van der Waals surface area (Å²) in [5.74, 6) is 0. The molecule has 0 heterocycles. The van der Waals surface area contributed by atoms with Gasteiger partial charge >= 0.3 is 0 Å². The first-order chi connectivity index (χ1) is 3.43. The number of ether oxygens (including phenoxy) is 1. The lowest BCUT2D eigenvalue weighted by Crippen LogP contribution is -1.99. The van der Waals surface area contributed by atoms with Gasteiger partial charge in [-0.15, -0.1) is 0 Å². The van der Waals surface area contributed by atoms with Gasteiger partial charge in [0.15, 0.2) is 0 Å². The third kappa shape index (κ3) is 2.96. The number of aliphatic hydroxyl groups excluding tert-OH is 1. The lowest BCUT2D eigenvalue weighted by molar-refractivity contribution is 0.0808. The molecule has 0 amide bonds. The molecule has 0 aromatic carbocycles. The molecule has 1 aliphatic carbocycles. The van der Waals surface area contributed by atoms with Gasteiger partial charge in [0.1, 0.15) is 0 Å². The standard InChI is InChI=1S/C5H10O2.H2O/c6-3-4-7-5-1-2-5;/h5-6H,1-4H2;1H2. The summed E-state index contributed by atoms with van der Waals surface area (Å²) in [4.78, 5) is 0. The van der Waals surface area contributed by atoms with Crippen LogP contribution in [0.3, 0.4) is 0 Å². The molecular formula is C5H12O3. The summed E-state index contributed by atoms with van der Waals surface area (Å²) in [5, 5.41) is 8.22. The average Bonchev–Trinajstić information content (AvgIpc) is 2.42. The van der Waals surface area contributed by atoms with E-state index >= 15 is 0 Å². The number of hydrogen-bond donors (Lipinski definition) is 1. The van der Waals surface area contributed by atoms with E-state index < -0.39 is 0 Å². The van der Waals surface area contributed by atoms with Crippen molar-refractivity contribution in [3.8, 4) is 0 Å². The summed E-state index contributed by atoms with van der Waals surface area (Å²) in [6.07, 6.45) is 2.88. The molecule has 0 unspecified atom stereocenters. The van der Waals surface area contributed by atoms with Gasteiger partial charge in [0.05, 0.1) is 19.3 Å². The first-order valence-electron chi connectivity index (χ1n) is 2.66. The van der Waals surface area contributed by atoms with E-state index in [0.717, 1.165) is 0 Å². The minimum atomic E-state index is 0. The monoisotopic (exact) mass is 120 g/mol. The molecule has 1 aliphatic rings. The van der Waals surface area contributed by atoms with Crippen molar-refractivity contribution in [3.05, 3.63) is 0 Å². The molecule has 1 rings (SSSR count). The third-order valence-corrected chi connectivity index (χ3v) is 0.969. The Hall–Kier alpha value is -0.120. The highest BCUT2D eigenvalue weighted by molar-refractivity contribution is 4.72. The van der Waals surface area contributed by atoms with Crippen LogP contribution in [0.25, 0.3) is 0 Å². The van der Waals surface area contributed by atoms with Crippen LogP contribution in [0.5, 0.6) is 0 Å². The first-order valence-corrected chi connectivity index (χ1v) is 2.66. The van der Waals surface area contributed by atoms with Crippen LogP contribution in [-0.4, -0.2) is 29.9 Å². The lowest BCUT2D eigenvalue weighted by Gasteiger charge is -1.93. The van der Waals surface area contributed by atoms with Crippen molar-refractivity contribution in [2.24, 2.45) is 0 Å². The van der Waals surface area contributed by atoms with E-state index in [9.17, 15) is 0 Å². The van der Waals surface area contributed by atoms with E-state index in [1.165, 1.54) is 12.8 Å². The molecule has 1 fully saturated rings. The number of rotatable bonds is 3. The molecule has 0 radical (unpaired) electrons. The molecule has 50 valence electrons. The average molecular weight is 120 g/mol. The summed E-state index contributed by atoms with van der Waals surface area (Å²) in [6.45, 7) is 0.682. The van der Waals surface area contributed by atoms with Crippen molar-refractivity contribution in [2.75, 3.05) is 13.2 Å². The van der Waals surface area contributed by atoms with Gasteiger partial charge in [-0.05, 0) is 12.8 Å². The first kappa shape index (κ1) is 7.88. The summed E-state index contributed by atoms with van der Waals surface area (Å²) in [5.41, 5.74) is 0. The molecule has 0 spiro atoms. The van der Waals surface area contributed by atoms with Gasteiger partial charge in [0.2, 0.25) is 0 Å². The molecule has 0 aromatic rings. The Morgan fingerprint density at radius 3 is 2.50 bits per heavy atom. The summed E-state index contributed by atoms with van der Waals surface area (Å²) in [6, 6.07) is 0. The van der Waals surface area contributed by atoms with Crippen molar-refractivity contribution < 1.29 is 15.3 Å². The Morgan fingerprint density at radius 2 is 2.12 bits per heavy atom. The predicted octanol–water partition coefficient (Wildman–Crippen LogP) is -0.667. The zero-order valence-electron chi connectivity index (χ0n) is 4.76. The predicted molar refractivity (Wildman–Crippen MR) is 29.7 cm³/mol. The second-order valence-corrected chi connectivity index (χ2v) is 1.79. The van der Waals surface area contributed by atoms with E-state index in [1.807, 2.05) is 0 Å². The van der Waals surface area contributed by atoms with Gasteiger partial charge in [-0.3, -0.25) is 0 Å². The van der Waals surface area contributed by atoms with Crippen LogP contribution in [0, 0.1) is 0 Å². The van der Waals surface area contributed by atoms with Crippen LogP contribution in [0.1, 0.15) is 12.8 Å². The Balaban J connectivity index is 0.000000490. The highest BCUT2D eigenvalue weighted by Gasteiger charge is 2.20. The largest absolute Gasteiger partial charge is 0.412 e. The fourth-order valence-electron chi connectivity index (χ4n) is 0.454. The van der Waals surface area contributed by atoms with E-state index in [0.29, 0.717) is 12.7 Å². The molecule has 3 N–H and O–H groups in total. The van der Waals surface area contributed by atoms with Crippen LogP contribution in [-0.2, 0) is 4.74 Å². The molecule has 3 heteroatoms. The SMILES string of the molecule is O.OCCOC1CC1. The fraction of sp³-hybridized carbons (Fsp3) is 1.00. The van der Waals surface area contributed by atoms with Gasteiger partial charge in [-0.25, -0.2) is 0 Å². The zero-order valence-corrected chi connectivity index (χ0v) is 4.76. The van der Waals surface area contributed by atoms with Gasteiger partial charge in [0, 0.05) is 0 Å². The zero-order chi connectivity index (χ0) is 5.11. The van der Waals surface area contributed by atoms with E-state index in [2.05, 4.69) is 0 Å². The highest BCUT2D eigenvalue weighted by Crippen LogP contribution is 2.22. The molecule has 0 atom stereocenters. The van der Waals surface area contributed by atoms with Crippen LogP contribution in [0.2, 0.25) is 0 Å². The molecule has 8 heavy (non-hydrogen) atoms. The maximum absolute atomic E-state index is 8.22. The summed E-state index contributed by atoms with van der Waals surface area (Å²) in [7, 11) is 0. The second-order valence-electron chi connectivity index (χ2n) is 1.79. The third-order valence-electron chi connectivity index (χ3n) is 0.969. The molecule has 0 aromatic heterocycles. The Bertz CT molecular complexity index is 51.6. The normalized spacial score (nSPS) is 17.6. The maximum atomic E-state index is 8.22. The quantitative estimate of drug-likeness (QED) is 0.537. The highest BCUT2D eigenvalue weighted by atomic mass is 16.5. The van der Waals surface area contributed by atoms with Crippen molar-refractivity contribution in [2.45, 2.75) is 18.9 Å². The summed E-state index contributed by atoms with van der Waals surface area (Å²) >= 11 is 0. The Morgan fingerprint density at radius 1 is 1.50 bits per heavy atom. The number of hydrogen-bond acceptors (Lipinski definition) is 2. The second kappa shape index (κ2) is 3.83. The van der Waals surface area contributed by atoms with Crippen molar-refractivity contribution in [1.82, 2.24) is 0 Å². The minimum absolute atomic E-state index is 0. The van der Waals surface area contributed by atoms with E-state index in [1.54, 1.807) is 0 Å². The molecule has 3 nitrogen and oxygen atoms in total. The molecular weight excluding hydrogens is 108 g/mol. The minimum Gasteiger partial charge on any atom is -0.412 e. The fourth-order valence-corrected chi connectivity index (χ4v) is 0.454. The molecule has 0 saturated heterocycles. The topological polar surface area (TPSA) is 61.0 Å². The Labute approximate surface area is 48.6 Å². The molecule has 1 saturated carbocycles. The van der Waals surface area contributed by atoms with Gasteiger partial charge in [0.25, 0.3) is 0 Å². The van der Waals surface area contributed by atoms with Crippen LogP contribution in [0.15, 0.2) is 0 Å². The molecule has 0 bridgehead atoms. The van der Waals surface area contributed by atoms with Crippen molar-refractivity contribution >= 4 is 0 Å². The van der Waals surface area contributed by atoms with Crippen LogP contribution < -0.4 is 0 Å². The van der Waals surface area contributed by atoms with Crippen molar-refractivity contribution in [1.29, 1.82) is 0 Å². The van der Waals surface area contributed by atoms with Gasteiger partial charge in [-0.2, -0.15) is 0 Å². The van der Waals surface area contributed by atoms with Crippen LogP contribution >= 0.6 is 0 Å². The Kier molecular flexibility index (Phi) is 3.77. The summed E-state index contributed by atoms with van der Waals surface area (Å²) < 4.78 is 5.05. The van der Waals surface area contributed by atoms with Crippen LogP contribution in [0.4, 0.5) is 0 Å². The van der Waals surface area contributed by atoms with Gasteiger partial charge in [-0.1, -0.05) is 0 Å². The molecule has 0 aliphatic heterocycles. The van der Waals surface area contributed by atoms with Crippen molar-refractivity contribution in [3.63, 3.8) is 0 Å². The van der Waals surface area contributed by atoms with E-state index in [-0.39, 0.29) is 12.1 Å². The lowest BCUT2D eigenvalue weighted by atomic mass is 10.7. The smallest absolute Gasteiger partial charge is 0.0701 e. The maximum Gasteiger partial charge on any atom is 0.0701 e. The van der Waals surface area contributed by atoms with Gasteiger partial charge < -0.3 is 15.3 Å². The number of aliphatic hydroxyl groups is 1.